The Labute approximate surface area is 151 Å². The number of hydrogen-bond acceptors (Lipinski definition) is 4. The minimum atomic E-state index is -2.90. The third-order valence-corrected chi connectivity index (χ3v) is 3.48. The molecule has 0 saturated carbocycles. The molecule has 0 spiro atoms. The second kappa shape index (κ2) is 9.12. The predicted molar refractivity (Wildman–Crippen MR) is 93.1 cm³/mol. The number of benzene rings is 2. The highest BCUT2D eigenvalue weighted by molar-refractivity contribution is 9.10. The molecule has 0 saturated heterocycles. The van der Waals surface area contributed by atoms with E-state index in [4.69, 9.17) is 4.74 Å². The van der Waals surface area contributed by atoms with Crippen LogP contribution in [0.4, 0.5) is 8.78 Å². The molecule has 2 aromatic carbocycles. The van der Waals surface area contributed by atoms with Gasteiger partial charge in [0, 0.05) is 10.0 Å². The van der Waals surface area contributed by atoms with Crippen LogP contribution in [0.25, 0.3) is 0 Å². The van der Waals surface area contributed by atoms with Gasteiger partial charge in [-0.15, -0.1) is 0 Å². The lowest BCUT2D eigenvalue weighted by atomic mass is 10.1. The Kier molecular flexibility index (Phi) is 6.88. The van der Waals surface area contributed by atoms with Crippen molar-refractivity contribution in [3.05, 3.63) is 58.6 Å². The predicted octanol–water partition coefficient (Wildman–Crippen LogP) is 3.97. The van der Waals surface area contributed by atoms with E-state index in [0.29, 0.717) is 17.0 Å². The Hall–Kier alpha value is -2.48. The van der Waals surface area contributed by atoms with Crippen molar-refractivity contribution in [3.63, 3.8) is 0 Å². The molecule has 1 N–H and O–H groups in total. The number of carbonyl (C=O) groups is 1. The molecule has 0 radical (unpaired) electrons. The zero-order valence-electron chi connectivity index (χ0n) is 13.2. The van der Waals surface area contributed by atoms with Crippen molar-refractivity contribution in [1.29, 1.82) is 0 Å². The second-order valence-electron chi connectivity index (χ2n) is 4.88. The van der Waals surface area contributed by atoms with Gasteiger partial charge in [-0.05, 0) is 37.3 Å². The number of hydrazone groups is 1. The van der Waals surface area contributed by atoms with Crippen LogP contribution in [0.2, 0.25) is 0 Å². The zero-order valence-corrected chi connectivity index (χ0v) is 14.8. The Morgan fingerprint density at radius 3 is 2.64 bits per heavy atom. The van der Waals surface area contributed by atoms with Crippen molar-refractivity contribution in [2.45, 2.75) is 13.5 Å². The molecule has 132 valence electrons. The Morgan fingerprint density at radius 1 is 1.20 bits per heavy atom. The number of hydrogen-bond donors (Lipinski definition) is 1. The minimum absolute atomic E-state index is 0.0198. The summed E-state index contributed by atoms with van der Waals surface area (Å²) in [7, 11) is 0. The summed E-state index contributed by atoms with van der Waals surface area (Å²) in [4.78, 5) is 11.8. The van der Waals surface area contributed by atoms with Crippen molar-refractivity contribution in [2.24, 2.45) is 5.10 Å². The zero-order chi connectivity index (χ0) is 18.2. The summed E-state index contributed by atoms with van der Waals surface area (Å²) in [6.07, 6.45) is 0. The van der Waals surface area contributed by atoms with Gasteiger partial charge in [0.25, 0.3) is 5.91 Å². The summed E-state index contributed by atoms with van der Waals surface area (Å²) in [6.45, 7) is -1.47. The maximum absolute atomic E-state index is 12.2. The van der Waals surface area contributed by atoms with E-state index in [0.717, 1.165) is 4.47 Å². The molecule has 0 aliphatic rings. The van der Waals surface area contributed by atoms with Crippen LogP contribution in [0.5, 0.6) is 11.5 Å². The lowest BCUT2D eigenvalue weighted by Gasteiger charge is -2.08. The molecular weight excluding hydrogens is 398 g/mol. The van der Waals surface area contributed by atoms with Crippen LogP contribution in [0.3, 0.4) is 0 Å². The van der Waals surface area contributed by atoms with Gasteiger partial charge in [-0.2, -0.15) is 13.9 Å². The van der Waals surface area contributed by atoms with Crippen LogP contribution in [-0.2, 0) is 4.79 Å². The molecule has 0 aromatic heterocycles. The fourth-order valence-electron chi connectivity index (χ4n) is 1.85. The monoisotopic (exact) mass is 412 g/mol. The van der Waals surface area contributed by atoms with E-state index < -0.39 is 12.5 Å². The molecule has 2 aromatic rings. The SMILES string of the molecule is C/C(=N/NC(=O)COc1cccc(Br)c1)c1cccc(OC(F)F)c1. The summed E-state index contributed by atoms with van der Waals surface area (Å²) in [5.41, 5.74) is 3.34. The van der Waals surface area contributed by atoms with Crippen molar-refractivity contribution in [2.75, 3.05) is 6.61 Å². The largest absolute Gasteiger partial charge is 0.484 e. The standard InChI is InChI=1S/C17H15BrF2N2O3/c1-11(12-4-2-7-15(8-12)25-17(19)20)21-22-16(23)10-24-14-6-3-5-13(18)9-14/h2-9,17H,10H2,1H3,(H,22,23)/b21-11-. The topological polar surface area (TPSA) is 59.9 Å². The van der Waals surface area contributed by atoms with Gasteiger partial charge in [0.15, 0.2) is 6.61 Å². The van der Waals surface area contributed by atoms with Gasteiger partial charge in [0.05, 0.1) is 5.71 Å². The third kappa shape index (κ3) is 6.50. The van der Waals surface area contributed by atoms with Gasteiger partial charge >= 0.3 is 6.61 Å². The molecule has 2 rings (SSSR count). The molecule has 5 nitrogen and oxygen atoms in total. The molecule has 8 heteroatoms. The first kappa shape index (κ1) is 18.9. The summed E-state index contributed by atoms with van der Waals surface area (Å²) >= 11 is 3.31. The Morgan fingerprint density at radius 2 is 1.92 bits per heavy atom. The quantitative estimate of drug-likeness (QED) is 0.552. The van der Waals surface area contributed by atoms with Gasteiger partial charge in [0.2, 0.25) is 0 Å². The first-order chi connectivity index (χ1) is 11.9. The van der Waals surface area contributed by atoms with Gasteiger partial charge in [-0.1, -0.05) is 34.1 Å². The average molecular weight is 413 g/mol. The van der Waals surface area contributed by atoms with Crippen LogP contribution in [0.1, 0.15) is 12.5 Å². The number of nitrogens with zero attached hydrogens (tertiary/aromatic N) is 1. The molecule has 0 fully saturated rings. The summed E-state index contributed by atoms with van der Waals surface area (Å²) in [5.74, 6) is 0.118. The molecule has 0 aliphatic carbocycles. The van der Waals surface area contributed by atoms with Gasteiger partial charge < -0.3 is 9.47 Å². The molecule has 0 unspecified atom stereocenters. The Bertz CT molecular complexity index is 769. The summed E-state index contributed by atoms with van der Waals surface area (Å²) in [6, 6.07) is 13.1. The van der Waals surface area contributed by atoms with Crippen LogP contribution in [0, 0.1) is 0 Å². The summed E-state index contributed by atoms with van der Waals surface area (Å²) in [5, 5.41) is 3.93. The molecule has 0 aliphatic heterocycles. The van der Waals surface area contributed by atoms with Crippen LogP contribution >= 0.6 is 15.9 Å². The van der Waals surface area contributed by atoms with E-state index in [9.17, 15) is 13.6 Å². The summed E-state index contributed by atoms with van der Waals surface area (Å²) < 4.78 is 35.0. The van der Waals surface area contributed by atoms with Crippen LogP contribution in [-0.4, -0.2) is 24.8 Å². The average Bonchev–Trinajstić information content (AvgIpc) is 2.57. The highest BCUT2D eigenvalue weighted by atomic mass is 79.9. The third-order valence-electron chi connectivity index (χ3n) is 2.99. The van der Waals surface area contributed by atoms with Crippen LogP contribution < -0.4 is 14.9 Å². The highest BCUT2D eigenvalue weighted by Gasteiger charge is 2.07. The minimum Gasteiger partial charge on any atom is -0.484 e. The maximum atomic E-state index is 12.2. The number of nitrogens with one attached hydrogen (secondary N) is 1. The lowest BCUT2D eigenvalue weighted by molar-refractivity contribution is -0.123. The highest BCUT2D eigenvalue weighted by Crippen LogP contribution is 2.18. The first-order valence-corrected chi connectivity index (χ1v) is 8.00. The molecule has 0 atom stereocenters. The van der Waals surface area contributed by atoms with Crippen LogP contribution in [0.15, 0.2) is 58.1 Å². The molecular formula is C17H15BrF2N2O3. The normalized spacial score (nSPS) is 11.3. The van der Waals surface area contributed by atoms with E-state index in [1.165, 1.54) is 12.1 Å². The maximum Gasteiger partial charge on any atom is 0.387 e. The molecule has 0 bridgehead atoms. The van der Waals surface area contributed by atoms with E-state index in [2.05, 4.69) is 31.2 Å². The number of alkyl halides is 2. The molecule has 1 amide bonds. The number of ether oxygens (including phenoxy) is 2. The smallest absolute Gasteiger partial charge is 0.387 e. The first-order valence-electron chi connectivity index (χ1n) is 7.21. The molecule has 25 heavy (non-hydrogen) atoms. The fourth-order valence-corrected chi connectivity index (χ4v) is 2.22. The number of halogens is 3. The van der Waals surface area contributed by atoms with E-state index >= 15 is 0 Å². The van der Waals surface area contributed by atoms with Crippen molar-refractivity contribution >= 4 is 27.5 Å². The van der Waals surface area contributed by atoms with Crippen molar-refractivity contribution in [1.82, 2.24) is 5.43 Å². The Balaban J connectivity index is 1.90. The van der Waals surface area contributed by atoms with Gasteiger partial charge in [-0.25, -0.2) is 5.43 Å². The fraction of sp³-hybridized carbons (Fsp3) is 0.176. The number of rotatable bonds is 7. The lowest BCUT2D eigenvalue weighted by Crippen LogP contribution is -2.25. The van der Waals surface area contributed by atoms with E-state index in [1.54, 1.807) is 37.3 Å². The number of amides is 1. The second-order valence-corrected chi connectivity index (χ2v) is 5.80. The van der Waals surface area contributed by atoms with Gasteiger partial charge in [-0.3, -0.25) is 4.79 Å². The van der Waals surface area contributed by atoms with Crippen molar-refractivity contribution < 1.29 is 23.0 Å². The van der Waals surface area contributed by atoms with E-state index in [1.807, 2.05) is 6.07 Å². The number of carbonyl (C=O) groups excluding carboxylic acids is 1. The van der Waals surface area contributed by atoms with E-state index in [-0.39, 0.29) is 12.4 Å². The molecule has 0 heterocycles. The van der Waals surface area contributed by atoms with Gasteiger partial charge in [0.1, 0.15) is 11.5 Å². The van der Waals surface area contributed by atoms with Crippen molar-refractivity contribution in [3.8, 4) is 11.5 Å².